The lowest BCUT2D eigenvalue weighted by atomic mass is 10.0. The first-order valence-corrected chi connectivity index (χ1v) is 13.6. The zero-order valence-corrected chi connectivity index (χ0v) is 25.6. The Morgan fingerprint density at radius 3 is 2.00 bits per heavy atom. The largest absolute Gasteiger partial charge is 0.483 e. The molecule has 0 fully saturated rings. The molecule has 1 unspecified atom stereocenters. The number of nitrogens with zero attached hydrogens (tertiary/aromatic N) is 3. The summed E-state index contributed by atoms with van der Waals surface area (Å²) in [4.78, 5) is 40.5. The van der Waals surface area contributed by atoms with Gasteiger partial charge in [-0.15, -0.1) is 0 Å². The number of aromatic nitrogens is 2. The predicted molar refractivity (Wildman–Crippen MR) is 172 cm³/mol. The van der Waals surface area contributed by atoms with Gasteiger partial charge in [-0.2, -0.15) is 0 Å². The molecule has 0 aliphatic rings. The topological polar surface area (TPSA) is 139 Å². The van der Waals surface area contributed by atoms with Gasteiger partial charge in [0.2, 0.25) is 6.41 Å². The first-order valence-electron chi connectivity index (χ1n) is 13.6. The van der Waals surface area contributed by atoms with Gasteiger partial charge >= 0.3 is 0 Å². The minimum atomic E-state index is -0.250. The highest BCUT2D eigenvalue weighted by molar-refractivity contribution is 5.97. The monoisotopic (exact) mass is 583 g/mol. The molecule has 0 aliphatic carbocycles. The van der Waals surface area contributed by atoms with Crippen molar-refractivity contribution in [3.05, 3.63) is 95.3 Å². The minimum Gasteiger partial charge on any atom is -0.483 e. The lowest BCUT2D eigenvalue weighted by Crippen LogP contribution is -2.28. The van der Waals surface area contributed by atoms with E-state index in [0.29, 0.717) is 17.5 Å². The van der Waals surface area contributed by atoms with Gasteiger partial charge in [-0.25, -0.2) is 4.98 Å². The molecule has 4 N–H and O–H groups in total. The summed E-state index contributed by atoms with van der Waals surface area (Å²) in [5.41, 5.74) is 8.44. The van der Waals surface area contributed by atoms with Crippen LogP contribution in [-0.2, 0) is 9.59 Å². The molecule has 9 nitrogen and oxygen atoms in total. The summed E-state index contributed by atoms with van der Waals surface area (Å²) in [7, 11) is 3.47. The number of fused-ring (bicyclic) bond motifs is 1. The Kier molecular flexibility index (Phi) is 16.8. The maximum atomic E-state index is 11.4. The Morgan fingerprint density at radius 1 is 0.977 bits per heavy atom. The molecule has 9 heteroatoms. The molecule has 0 bridgehead atoms. The van der Waals surface area contributed by atoms with Gasteiger partial charge in [-0.1, -0.05) is 55.5 Å². The van der Waals surface area contributed by atoms with Crippen molar-refractivity contribution in [2.24, 2.45) is 11.8 Å². The van der Waals surface area contributed by atoms with E-state index < -0.39 is 0 Å². The molecule has 2 aromatic carbocycles. The molecule has 4 rings (SSSR count). The van der Waals surface area contributed by atoms with Crippen LogP contribution in [0.1, 0.15) is 54.2 Å². The summed E-state index contributed by atoms with van der Waals surface area (Å²) >= 11 is 0. The number of hydrogen-bond acceptors (Lipinski definition) is 7. The zero-order valence-electron chi connectivity index (χ0n) is 25.6. The van der Waals surface area contributed by atoms with Gasteiger partial charge < -0.3 is 10.0 Å². The molecule has 0 radical (unpaired) electrons. The van der Waals surface area contributed by atoms with E-state index in [0.717, 1.165) is 52.4 Å². The summed E-state index contributed by atoms with van der Waals surface area (Å²) in [5.74, 6) is 11.6. The quantitative estimate of drug-likeness (QED) is 0.123. The second-order valence-electron chi connectivity index (χ2n) is 9.94. The third kappa shape index (κ3) is 13.1. The average Bonchev–Trinajstić information content (AvgIpc) is 3.01. The van der Waals surface area contributed by atoms with Crippen molar-refractivity contribution in [1.82, 2.24) is 20.3 Å². The normalized spacial score (nSPS) is 10.2. The minimum absolute atomic E-state index is 0.250. The van der Waals surface area contributed by atoms with Crippen LogP contribution in [0.3, 0.4) is 0 Å². The van der Waals surface area contributed by atoms with E-state index in [9.17, 15) is 9.59 Å². The van der Waals surface area contributed by atoms with E-state index in [1.54, 1.807) is 30.4 Å². The molecule has 226 valence electrons. The molecule has 0 saturated carbocycles. The Labute approximate surface area is 254 Å². The lowest BCUT2D eigenvalue weighted by molar-refractivity contribution is -0.123. The summed E-state index contributed by atoms with van der Waals surface area (Å²) in [6, 6.07) is 20.0. The molecule has 0 saturated heterocycles. The highest BCUT2D eigenvalue weighted by Crippen LogP contribution is 2.23. The van der Waals surface area contributed by atoms with E-state index >= 15 is 0 Å². The van der Waals surface area contributed by atoms with Crippen LogP contribution in [0.25, 0.3) is 22.2 Å². The summed E-state index contributed by atoms with van der Waals surface area (Å²) in [5, 5.41) is 7.65. The standard InChI is InChI=1S/C24H16N2O.C8H17NO.CH6N2.CH2O2/c1-17-2-4-18(5-3-17)6-7-19-8-10-20(11-9-19)24-14-21(16-27)22-15-25-13-12-23(22)26-24;1-7(2)5-8(3)9(4)6-10;1-3-2;2-1-3/h2-5,8-16H,1H3;6-8H,5H2,1-4H3;3H,2H2,1H3;1H,(H,2,3). The van der Waals surface area contributed by atoms with Crippen molar-refractivity contribution in [1.29, 1.82) is 0 Å². The fourth-order valence-corrected chi connectivity index (χ4v) is 3.80. The fourth-order valence-electron chi connectivity index (χ4n) is 3.80. The molecular weight excluding hydrogens is 542 g/mol. The smallest absolute Gasteiger partial charge is 0.290 e. The van der Waals surface area contributed by atoms with Gasteiger partial charge in [0.15, 0.2) is 6.29 Å². The van der Waals surface area contributed by atoms with Crippen molar-refractivity contribution in [3.8, 4) is 23.1 Å². The SMILES string of the molecule is CC(C)CC(C)N(C)C=O.CNN.Cc1ccc(C#Cc2ccc(-c3cc(C=O)c4cnccc4n3)cc2)cc1.O=CO. The van der Waals surface area contributed by atoms with Crippen LogP contribution in [0, 0.1) is 24.7 Å². The lowest BCUT2D eigenvalue weighted by Gasteiger charge is -2.21. The fraction of sp³-hybridized carbons (Fsp3) is 0.265. The number of benzene rings is 2. The van der Waals surface area contributed by atoms with Crippen molar-refractivity contribution in [3.63, 3.8) is 0 Å². The van der Waals surface area contributed by atoms with Crippen LogP contribution < -0.4 is 11.3 Å². The van der Waals surface area contributed by atoms with Crippen molar-refractivity contribution in [2.45, 2.75) is 40.2 Å². The third-order valence-corrected chi connectivity index (χ3v) is 6.03. The van der Waals surface area contributed by atoms with E-state index in [4.69, 9.17) is 9.90 Å². The van der Waals surface area contributed by atoms with Crippen LogP contribution in [0.15, 0.2) is 73.1 Å². The summed E-state index contributed by atoms with van der Waals surface area (Å²) in [6.45, 7) is 8.20. The van der Waals surface area contributed by atoms with Gasteiger partial charge in [0, 0.05) is 53.1 Å². The van der Waals surface area contributed by atoms with E-state index in [1.807, 2.05) is 49.5 Å². The number of hydrogen-bond donors (Lipinski definition) is 3. The molecule has 0 aliphatic heterocycles. The van der Waals surface area contributed by atoms with E-state index in [2.05, 4.69) is 72.9 Å². The van der Waals surface area contributed by atoms with Gasteiger partial charge in [-0.3, -0.25) is 30.6 Å². The molecular formula is C34H41N5O4. The number of aldehydes is 1. The molecule has 4 aromatic rings. The average molecular weight is 584 g/mol. The molecule has 1 amide bonds. The maximum absolute atomic E-state index is 11.4. The number of hydrazine groups is 1. The number of aryl methyl sites for hydroxylation is 1. The second-order valence-corrected chi connectivity index (χ2v) is 9.94. The summed E-state index contributed by atoms with van der Waals surface area (Å²) in [6.07, 6.45) is 6.15. The van der Waals surface area contributed by atoms with Gasteiger partial charge in [0.25, 0.3) is 6.47 Å². The van der Waals surface area contributed by atoms with E-state index in [-0.39, 0.29) is 6.47 Å². The first-order chi connectivity index (χ1) is 20.6. The number of pyridine rings is 2. The number of rotatable bonds is 6. The van der Waals surface area contributed by atoms with Gasteiger partial charge in [0.1, 0.15) is 0 Å². The molecule has 2 heterocycles. The Morgan fingerprint density at radius 2 is 1.51 bits per heavy atom. The van der Waals surface area contributed by atoms with Crippen LogP contribution in [0.4, 0.5) is 0 Å². The second kappa shape index (κ2) is 20.0. The van der Waals surface area contributed by atoms with Crippen LogP contribution in [0.5, 0.6) is 0 Å². The van der Waals surface area contributed by atoms with Crippen LogP contribution >= 0.6 is 0 Å². The highest BCUT2D eigenvalue weighted by Gasteiger charge is 2.08. The Hall–Kier alpha value is -4.91. The van der Waals surface area contributed by atoms with E-state index in [1.165, 1.54) is 5.56 Å². The number of nitrogens with two attached hydrogens (primary N) is 1. The van der Waals surface area contributed by atoms with Crippen molar-refractivity contribution < 1.29 is 19.5 Å². The Balaban J connectivity index is 0.000000483. The third-order valence-electron chi connectivity index (χ3n) is 6.03. The number of carbonyl (C=O) groups excluding carboxylic acids is 2. The number of carboxylic acid groups (broad SMARTS) is 1. The van der Waals surface area contributed by atoms with Gasteiger partial charge in [0.05, 0.1) is 11.2 Å². The number of carbonyl (C=O) groups is 3. The molecule has 0 spiro atoms. The number of amides is 1. The first kappa shape index (κ1) is 36.1. The Bertz CT molecular complexity index is 1480. The summed E-state index contributed by atoms with van der Waals surface area (Å²) < 4.78 is 0. The maximum Gasteiger partial charge on any atom is 0.290 e. The van der Waals surface area contributed by atoms with Gasteiger partial charge in [-0.05, 0) is 69.6 Å². The predicted octanol–water partition coefficient (Wildman–Crippen LogP) is 5.11. The molecule has 43 heavy (non-hydrogen) atoms. The van der Waals surface area contributed by atoms with Crippen LogP contribution in [0.2, 0.25) is 0 Å². The van der Waals surface area contributed by atoms with Crippen LogP contribution in [-0.4, -0.2) is 59.3 Å². The number of nitrogens with one attached hydrogen (secondary N) is 1. The van der Waals surface area contributed by atoms with Crippen molar-refractivity contribution in [2.75, 3.05) is 14.1 Å². The van der Waals surface area contributed by atoms with Crippen molar-refractivity contribution >= 4 is 30.1 Å². The molecule has 1 atom stereocenters. The molecule has 2 aromatic heterocycles. The zero-order chi connectivity index (χ0) is 32.2. The highest BCUT2D eigenvalue weighted by atomic mass is 16.3.